The van der Waals surface area contributed by atoms with E-state index in [1.165, 1.54) is 11.8 Å². The lowest BCUT2D eigenvalue weighted by molar-refractivity contribution is -0.146. The van der Waals surface area contributed by atoms with E-state index < -0.39 is 0 Å². The van der Waals surface area contributed by atoms with Crippen molar-refractivity contribution in [2.45, 2.75) is 18.8 Å². The van der Waals surface area contributed by atoms with Crippen LogP contribution < -0.4 is 0 Å². The second-order valence-electron chi connectivity index (χ2n) is 7.78. The molecule has 1 spiro atoms. The van der Waals surface area contributed by atoms with Crippen LogP contribution in [0, 0.1) is 5.41 Å². The van der Waals surface area contributed by atoms with Crippen LogP contribution in [-0.2, 0) is 4.79 Å². The normalized spacial score (nSPS) is 18.3. The van der Waals surface area contributed by atoms with Gasteiger partial charge in [-0.2, -0.15) is 0 Å². The van der Waals surface area contributed by atoms with Crippen molar-refractivity contribution in [3.8, 4) is 17.0 Å². The number of para-hydroxylation sites is 1. The zero-order valence-corrected chi connectivity index (χ0v) is 14.9. The number of phenolic OH excluding ortho intramolecular Hbond substituents is 1. The number of aromatic amines is 1. The minimum absolute atomic E-state index is 0.0293. The Balaban J connectivity index is 1.34. The van der Waals surface area contributed by atoms with Crippen molar-refractivity contribution in [3.05, 3.63) is 54.7 Å². The highest BCUT2D eigenvalue weighted by Crippen LogP contribution is 2.56. The molecule has 5 rings (SSSR count). The van der Waals surface area contributed by atoms with Crippen molar-refractivity contribution in [2.75, 3.05) is 13.1 Å². The zero-order valence-electron chi connectivity index (χ0n) is 14.9. The number of nitrogens with one attached hydrogen (secondary N) is 1. The van der Waals surface area contributed by atoms with Gasteiger partial charge in [0.15, 0.2) is 5.65 Å². The lowest BCUT2D eigenvalue weighted by atomic mass is 9.57. The maximum absolute atomic E-state index is 11.6. The average molecular weight is 360 g/mol. The minimum atomic E-state index is 0.0293. The third-order valence-corrected chi connectivity index (χ3v) is 5.91. The number of benzene rings is 1. The second-order valence-corrected chi connectivity index (χ2v) is 7.78. The van der Waals surface area contributed by atoms with E-state index in [0.717, 1.165) is 37.0 Å². The van der Waals surface area contributed by atoms with Crippen LogP contribution in [-0.4, -0.2) is 44.2 Å². The quantitative estimate of drug-likeness (QED) is 0.703. The van der Waals surface area contributed by atoms with Gasteiger partial charge in [-0.15, -0.1) is 10.2 Å². The van der Waals surface area contributed by atoms with Crippen LogP contribution in [0.2, 0.25) is 0 Å². The molecule has 6 heteroatoms. The molecule has 2 fully saturated rings. The first-order chi connectivity index (χ1) is 13.1. The molecule has 1 aliphatic heterocycles. The summed E-state index contributed by atoms with van der Waals surface area (Å²) in [5.74, 6) is 0.696. The summed E-state index contributed by atoms with van der Waals surface area (Å²) in [6, 6.07) is 11.2. The SMILES string of the molecule is C=CC(=O)N1CC2(CC(c3cc4cc(-c5ccccc5O)nnc4[nH]3)C2)C1. The zero-order chi connectivity index (χ0) is 18.6. The number of rotatable bonds is 3. The molecule has 0 unspecified atom stereocenters. The number of phenols is 1. The summed E-state index contributed by atoms with van der Waals surface area (Å²) in [5, 5.41) is 19.6. The largest absolute Gasteiger partial charge is 0.507 e. The molecule has 1 saturated carbocycles. The Hall–Kier alpha value is -3.15. The van der Waals surface area contributed by atoms with Crippen molar-refractivity contribution in [2.24, 2.45) is 5.41 Å². The molecule has 2 N–H and O–H groups in total. The number of aromatic nitrogens is 3. The van der Waals surface area contributed by atoms with E-state index in [4.69, 9.17) is 0 Å². The van der Waals surface area contributed by atoms with E-state index in [1.807, 2.05) is 23.1 Å². The average Bonchev–Trinajstić information content (AvgIpc) is 3.02. The maximum atomic E-state index is 11.6. The maximum Gasteiger partial charge on any atom is 0.245 e. The molecule has 136 valence electrons. The number of carbonyl (C=O) groups excluding carboxylic acids is 1. The number of H-pyrrole nitrogens is 1. The van der Waals surface area contributed by atoms with Crippen molar-refractivity contribution in [1.82, 2.24) is 20.1 Å². The number of hydrogen-bond donors (Lipinski definition) is 2. The Morgan fingerprint density at radius 3 is 2.78 bits per heavy atom. The first kappa shape index (κ1) is 16.1. The molecule has 2 aliphatic rings. The van der Waals surface area contributed by atoms with E-state index in [9.17, 15) is 9.90 Å². The molecule has 0 atom stereocenters. The van der Waals surface area contributed by atoms with Crippen LogP contribution in [0.3, 0.4) is 0 Å². The number of likely N-dealkylation sites (tertiary alicyclic amines) is 1. The van der Waals surface area contributed by atoms with Gasteiger partial charge in [-0.05, 0) is 43.2 Å². The third-order valence-electron chi connectivity index (χ3n) is 5.91. The van der Waals surface area contributed by atoms with Gasteiger partial charge < -0.3 is 15.0 Å². The summed E-state index contributed by atoms with van der Waals surface area (Å²) in [6.07, 6.45) is 3.56. The van der Waals surface area contributed by atoms with Crippen LogP contribution in [0.4, 0.5) is 0 Å². The van der Waals surface area contributed by atoms with Gasteiger partial charge in [0.25, 0.3) is 0 Å². The Morgan fingerprint density at radius 2 is 2.04 bits per heavy atom. The van der Waals surface area contributed by atoms with Crippen LogP contribution in [0.5, 0.6) is 5.75 Å². The molecule has 3 aromatic rings. The fourth-order valence-electron chi connectivity index (χ4n) is 4.51. The molecule has 2 aromatic heterocycles. The molecule has 0 radical (unpaired) electrons. The first-order valence-electron chi connectivity index (χ1n) is 9.13. The van der Waals surface area contributed by atoms with Crippen molar-refractivity contribution in [1.29, 1.82) is 0 Å². The van der Waals surface area contributed by atoms with Crippen molar-refractivity contribution >= 4 is 16.9 Å². The predicted octanol–water partition coefficient (Wildman–Crippen LogP) is 3.22. The van der Waals surface area contributed by atoms with Gasteiger partial charge in [0, 0.05) is 41.1 Å². The van der Waals surface area contributed by atoms with E-state index in [1.54, 1.807) is 12.1 Å². The van der Waals surface area contributed by atoms with E-state index in [0.29, 0.717) is 17.2 Å². The summed E-state index contributed by atoms with van der Waals surface area (Å²) in [5.41, 5.74) is 3.57. The first-order valence-corrected chi connectivity index (χ1v) is 9.13. The minimum Gasteiger partial charge on any atom is -0.507 e. The summed E-state index contributed by atoms with van der Waals surface area (Å²) < 4.78 is 0. The molecule has 1 saturated heterocycles. The van der Waals surface area contributed by atoms with Crippen LogP contribution in [0.25, 0.3) is 22.3 Å². The van der Waals surface area contributed by atoms with Gasteiger partial charge in [-0.1, -0.05) is 18.7 Å². The summed E-state index contributed by atoms with van der Waals surface area (Å²) in [6.45, 7) is 5.23. The Kier molecular flexibility index (Phi) is 3.37. The highest BCUT2D eigenvalue weighted by Gasteiger charge is 2.53. The molecule has 1 aromatic carbocycles. The molecular weight excluding hydrogens is 340 g/mol. The smallest absolute Gasteiger partial charge is 0.245 e. The summed E-state index contributed by atoms with van der Waals surface area (Å²) >= 11 is 0. The number of hydrogen-bond acceptors (Lipinski definition) is 4. The Labute approximate surface area is 156 Å². The topological polar surface area (TPSA) is 82.1 Å². The molecule has 1 amide bonds. The molecular formula is C21H20N4O2. The van der Waals surface area contributed by atoms with Gasteiger partial charge in [0.1, 0.15) is 5.75 Å². The van der Waals surface area contributed by atoms with Crippen molar-refractivity contribution < 1.29 is 9.90 Å². The van der Waals surface area contributed by atoms with Crippen LogP contribution in [0.1, 0.15) is 24.5 Å². The number of fused-ring (bicyclic) bond motifs is 1. The van der Waals surface area contributed by atoms with E-state index >= 15 is 0 Å². The summed E-state index contributed by atoms with van der Waals surface area (Å²) in [7, 11) is 0. The van der Waals surface area contributed by atoms with Crippen LogP contribution >= 0.6 is 0 Å². The van der Waals surface area contributed by atoms with Crippen LogP contribution in [0.15, 0.2) is 49.1 Å². The fourth-order valence-corrected chi connectivity index (χ4v) is 4.51. The number of amides is 1. The molecule has 6 nitrogen and oxygen atoms in total. The lowest BCUT2D eigenvalue weighted by Gasteiger charge is -2.58. The monoisotopic (exact) mass is 360 g/mol. The number of carbonyl (C=O) groups is 1. The predicted molar refractivity (Wildman–Crippen MR) is 102 cm³/mol. The van der Waals surface area contributed by atoms with Gasteiger partial charge in [-0.3, -0.25) is 4.79 Å². The highest BCUT2D eigenvalue weighted by molar-refractivity contribution is 5.88. The summed E-state index contributed by atoms with van der Waals surface area (Å²) in [4.78, 5) is 16.9. The Bertz CT molecular complexity index is 1060. The molecule has 27 heavy (non-hydrogen) atoms. The van der Waals surface area contributed by atoms with Gasteiger partial charge in [0.05, 0.1) is 5.69 Å². The van der Waals surface area contributed by atoms with Gasteiger partial charge in [-0.25, -0.2) is 0 Å². The van der Waals surface area contributed by atoms with Gasteiger partial charge in [0.2, 0.25) is 5.91 Å². The second kappa shape index (κ2) is 5.67. The lowest BCUT2D eigenvalue weighted by Crippen LogP contribution is -2.62. The number of aromatic hydroxyl groups is 1. The Morgan fingerprint density at radius 1 is 1.26 bits per heavy atom. The van der Waals surface area contributed by atoms with E-state index in [2.05, 4.69) is 27.8 Å². The van der Waals surface area contributed by atoms with E-state index in [-0.39, 0.29) is 17.1 Å². The van der Waals surface area contributed by atoms with Crippen molar-refractivity contribution in [3.63, 3.8) is 0 Å². The number of nitrogens with zero attached hydrogens (tertiary/aromatic N) is 3. The fraction of sp³-hybridized carbons (Fsp3) is 0.286. The standard InChI is InChI=1S/C21H20N4O2/c1-2-19(27)25-11-21(12-25)9-14(10-21)16-7-13-8-17(23-24-20(13)22-16)15-5-3-4-6-18(15)26/h2-8,14,26H,1,9-12H2,(H,22,24). The molecule has 1 aliphatic carbocycles. The molecule has 0 bridgehead atoms. The van der Waals surface area contributed by atoms with Gasteiger partial charge >= 0.3 is 0 Å². The third kappa shape index (κ3) is 2.51. The molecule has 3 heterocycles. The highest BCUT2D eigenvalue weighted by atomic mass is 16.3.